The molecule has 2 aromatic rings. The Labute approximate surface area is 123 Å². The molecule has 7 heteroatoms. The summed E-state index contributed by atoms with van der Waals surface area (Å²) in [7, 11) is 1.56. The summed E-state index contributed by atoms with van der Waals surface area (Å²) in [5, 5.41) is 2.32. The van der Waals surface area contributed by atoms with Gasteiger partial charge in [-0.25, -0.2) is 13.6 Å². The Hall–Kier alpha value is -1.66. The fraction of sp³-hybridized carbons (Fsp3) is 0.154. The van der Waals surface area contributed by atoms with Gasteiger partial charge in [0.05, 0.1) is 16.6 Å². The molecule has 20 heavy (non-hydrogen) atoms. The zero-order valence-corrected chi connectivity index (χ0v) is 12.1. The van der Waals surface area contributed by atoms with E-state index in [0.717, 1.165) is 10.9 Å². The summed E-state index contributed by atoms with van der Waals surface area (Å²) in [5.74, 6) is -2.08. The fourth-order valence-corrected chi connectivity index (χ4v) is 2.69. The molecule has 0 aliphatic heterocycles. The van der Waals surface area contributed by atoms with Crippen molar-refractivity contribution in [1.29, 1.82) is 0 Å². The zero-order chi connectivity index (χ0) is 14.7. The highest BCUT2D eigenvalue weighted by Crippen LogP contribution is 2.23. The number of halogens is 3. The minimum atomic E-state index is -1.08. The maximum atomic E-state index is 13.4. The van der Waals surface area contributed by atoms with Gasteiger partial charge in [0.1, 0.15) is 0 Å². The molecule has 0 spiro atoms. The van der Waals surface area contributed by atoms with Crippen LogP contribution < -0.4 is 5.32 Å². The Kier molecular flexibility index (Phi) is 4.57. The third kappa shape index (κ3) is 3.46. The Bertz CT molecular complexity index is 633. The molecule has 1 N–H and O–H groups in total. The minimum absolute atomic E-state index is 0.189. The number of urea groups is 1. The number of rotatable bonds is 3. The van der Waals surface area contributed by atoms with Gasteiger partial charge < -0.3 is 10.2 Å². The van der Waals surface area contributed by atoms with Crippen LogP contribution in [0.25, 0.3) is 0 Å². The molecule has 0 aliphatic carbocycles. The van der Waals surface area contributed by atoms with E-state index >= 15 is 0 Å². The van der Waals surface area contributed by atoms with E-state index in [9.17, 15) is 13.6 Å². The molecular formula is C13H11ClF2N2OS. The third-order valence-electron chi connectivity index (χ3n) is 2.56. The first-order valence-electron chi connectivity index (χ1n) is 5.67. The monoisotopic (exact) mass is 316 g/mol. The third-order valence-corrected chi connectivity index (χ3v) is 3.78. The molecule has 0 aliphatic rings. The Morgan fingerprint density at radius 3 is 2.75 bits per heavy atom. The maximum absolute atomic E-state index is 13.4. The van der Waals surface area contributed by atoms with Crippen molar-refractivity contribution in [3.8, 4) is 0 Å². The number of hydrogen-bond donors (Lipinski definition) is 1. The number of amides is 2. The Morgan fingerprint density at radius 2 is 2.10 bits per heavy atom. The standard InChI is InChI=1S/C13H11ClF2N2OS/c1-18(7-8-5-6-11(14)20-8)13(19)17-10-4-2-3-9(15)12(10)16/h2-6H,7H2,1H3,(H,17,19). The topological polar surface area (TPSA) is 32.3 Å². The molecule has 0 saturated carbocycles. The molecule has 0 bridgehead atoms. The molecular weight excluding hydrogens is 306 g/mol. The number of benzene rings is 1. The molecule has 0 radical (unpaired) electrons. The van der Waals surface area contributed by atoms with Crippen LogP contribution in [-0.4, -0.2) is 18.0 Å². The molecule has 2 rings (SSSR count). The van der Waals surface area contributed by atoms with Crippen LogP contribution in [0.15, 0.2) is 30.3 Å². The van der Waals surface area contributed by atoms with Crippen molar-refractivity contribution >= 4 is 34.7 Å². The van der Waals surface area contributed by atoms with Crippen molar-refractivity contribution in [3.05, 3.63) is 51.2 Å². The van der Waals surface area contributed by atoms with E-state index in [0.29, 0.717) is 10.9 Å². The van der Waals surface area contributed by atoms with Gasteiger partial charge in [-0.05, 0) is 24.3 Å². The second-order valence-electron chi connectivity index (χ2n) is 4.09. The van der Waals surface area contributed by atoms with Gasteiger partial charge >= 0.3 is 6.03 Å². The van der Waals surface area contributed by atoms with Crippen molar-refractivity contribution in [2.45, 2.75) is 6.54 Å². The first-order valence-corrected chi connectivity index (χ1v) is 6.87. The van der Waals surface area contributed by atoms with Gasteiger partial charge in [-0.2, -0.15) is 0 Å². The van der Waals surface area contributed by atoms with E-state index in [1.54, 1.807) is 19.2 Å². The SMILES string of the molecule is CN(Cc1ccc(Cl)s1)C(=O)Nc1cccc(F)c1F. The van der Waals surface area contributed by atoms with Crippen LogP contribution in [0.2, 0.25) is 4.34 Å². The maximum Gasteiger partial charge on any atom is 0.321 e. The normalized spacial score (nSPS) is 10.4. The molecule has 1 aromatic heterocycles. The first-order chi connectivity index (χ1) is 9.47. The Morgan fingerprint density at radius 1 is 1.35 bits per heavy atom. The Balaban J connectivity index is 2.02. The number of carbonyl (C=O) groups excluding carboxylic acids is 1. The minimum Gasteiger partial charge on any atom is -0.322 e. The van der Waals surface area contributed by atoms with Crippen LogP contribution in [0.1, 0.15) is 4.88 Å². The number of hydrogen-bond acceptors (Lipinski definition) is 2. The van der Waals surface area contributed by atoms with E-state index in [2.05, 4.69) is 5.32 Å². The van der Waals surface area contributed by atoms with Crippen LogP contribution in [-0.2, 0) is 6.54 Å². The quantitative estimate of drug-likeness (QED) is 0.897. The van der Waals surface area contributed by atoms with Crippen LogP contribution in [0.3, 0.4) is 0 Å². The van der Waals surface area contributed by atoms with Gasteiger partial charge in [0, 0.05) is 11.9 Å². The van der Waals surface area contributed by atoms with Crippen molar-refractivity contribution < 1.29 is 13.6 Å². The number of nitrogens with zero attached hydrogens (tertiary/aromatic N) is 1. The van der Waals surface area contributed by atoms with Crippen molar-refractivity contribution in [2.75, 3.05) is 12.4 Å². The summed E-state index contributed by atoms with van der Waals surface area (Å²) in [6.45, 7) is 0.333. The molecule has 3 nitrogen and oxygen atoms in total. The molecule has 1 heterocycles. The van der Waals surface area contributed by atoms with Gasteiger partial charge in [0.25, 0.3) is 0 Å². The van der Waals surface area contributed by atoms with Gasteiger partial charge in [-0.1, -0.05) is 17.7 Å². The predicted octanol–water partition coefficient (Wildman–Crippen LogP) is 4.34. The molecule has 0 fully saturated rings. The molecule has 0 atom stereocenters. The van der Waals surface area contributed by atoms with Crippen LogP contribution in [0.4, 0.5) is 19.3 Å². The summed E-state index contributed by atoms with van der Waals surface area (Å²) < 4.78 is 27.1. The predicted molar refractivity (Wildman–Crippen MR) is 76.2 cm³/mol. The van der Waals surface area contributed by atoms with Crippen LogP contribution >= 0.6 is 22.9 Å². The molecule has 0 saturated heterocycles. The summed E-state index contributed by atoms with van der Waals surface area (Å²) in [6, 6.07) is 6.62. The summed E-state index contributed by atoms with van der Waals surface area (Å²) >= 11 is 7.15. The van der Waals surface area contributed by atoms with E-state index in [-0.39, 0.29) is 5.69 Å². The van der Waals surface area contributed by atoms with Crippen molar-refractivity contribution in [2.24, 2.45) is 0 Å². The smallest absolute Gasteiger partial charge is 0.321 e. The van der Waals surface area contributed by atoms with Crippen LogP contribution in [0, 0.1) is 11.6 Å². The highest BCUT2D eigenvalue weighted by Gasteiger charge is 2.14. The largest absolute Gasteiger partial charge is 0.322 e. The first kappa shape index (κ1) is 14.7. The van der Waals surface area contributed by atoms with Crippen molar-refractivity contribution in [3.63, 3.8) is 0 Å². The molecule has 0 unspecified atom stereocenters. The highest BCUT2D eigenvalue weighted by molar-refractivity contribution is 7.16. The molecule has 1 aromatic carbocycles. The van der Waals surface area contributed by atoms with Gasteiger partial charge in [0.2, 0.25) is 0 Å². The average molecular weight is 317 g/mol. The lowest BCUT2D eigenvalue weighted by Crippen LogP contribution is -2.30. The number of anilines is 1. The van der Waals surface area contributed by atoms with Crippen molar-refractivity contribution in [1.82, 2.24) is 4.90 Å². The van der Waals surface area contributed by atoms with Crippen LogP contribution in [0.5, 0.6) is 0 Å². The molecule has 2 amide bonds. The summed E-state index contributed by atoms with van der Waals surface area (Å²) in [5.41, 5.74) is -0.189. The van der Waals surface area contributed by atoms with E-state index in [4.69, 9.17) is 11.6 Å². The highest BCUT2D eigenvalue weighted by atomic mass is 35.5. The van der Waals surface area contributed by atoms with E-state index in [1.807, 2.05) is 0 Å². The lowest BCUT2D eigenvalue weighted by atomic mass is 10.3. The van der Waals surface area contributed by atoms with E-state index in [1.165, 1.54) is 28.4 Å². The van der Waals surface area contributed by atoms with Gasteiger partial charge in [-0.15, -0.1) is 11.3 Å². The van der Waals surface area contributed by atoms with E-state index < -0.39 is 17.7 Å². The average Bonchev–Trinajstić information content (AvgIpc) is 2.80. The number of carbonyl (C=O) groups is 1. The lowest BCUT2D eigenvalue weighted by molar-refractivity contribution is 0.221. The lowest BCUT2D eigenvalue weighted by Gasteiger charge is -2.17. The summed E-state index contributed by atoms with van der Waals surface area (Å²) in [6.07, 6.45) is 0. The molecule has 106 valence electrons. The zero-order valence-electron chi connectivity index (χ0n) is 10.5. The second-order valence-corrected chi connectivity index (χ2v) is 5.89. The van der Waals surface area contributed by atoms with Gasteiger partial charge in [0.15, 0.2) is 11.6 Å². The number of thiophene rings is 1. The van der Waals surface area contributed by atoms with Gasteiger partial charge in [-0.3, -0.25) is 0 Å². The summed E-state index contributed by atoms with van der Waals surface area (Å²) in [4.78, 5) is 14.1. The number of nitrogens with one attached hydrogen (secondary N) is 1. The second kappa shape index (κ2) is 6.19. The fourth-order valence-electron chi connectivity index (χ4n) is 1.55.